The van der Waals surface area contributed by atoms with E-state index in [9.17, 15) is 14.7 Å². The highest BCUT2D eigenvalue weighted by Crippen LogP contribution is 2.32. The van der Waals surface area contributed by atoms with E-state index >= 15 is 0 Å². The summed E-state index contributed by atoms with van der Waals surface area (Å²) in [5, 5.41) is 16.7. The Morgan fingerprint density at radius 3 is 2.69 bits per heavy atom. The number of nitrogens with zero attached hydrogens (tertiary/aromatic N) is 1. The monoisotopic (exact) mass is 417 g/mol. The number of amides is 2. The van der Waals surface area contributed by atoms with Crippen LogP contribution in [0.4, 0.5) is 0 Å². The molecule has 8 nitrogen and oxygen atoms in total. The number of rotatable bonds is 6. The molecular formula is C20H20ClN3O5. The van der Waals surface area contributed by atoms with Gasteiger partial charge in [0.1, 0.15) is 11.8 Å². The van der Waals surface area contributed by atoms with Gasteiger partial charge in [0.05, 0.1) is 6.21 Å². The number of carbonyl (C=O) groups is 2. The van der Waals surface area contributed by atoms with Gasteiger partial charge in [-0.1, -0.05) is 25.4 Å². The number of ether oxygens (including phenoxy) is 2. The zero-order chi connectivity index (χ0) is 21.0. The third-order valence-corrected chi connectivity index (χ3v) is 4.47. The summed E-state index contributed by atoms with van der Waals surface area (Å²) in [5.74, 6) is -0.0837. The molecular weight excluding hydrogens is 398 g/mol. The first kappa shape index (κ1) is 20.5. The molecule has 0 saturated heterocycles. The first-order chi connectivity index (χ1) is 13.8. The number of hydrogen-bond donors (Lipinski definition) is 3. The van der Waals surface area contributed by atoms with Crippen LogP contribution in [0.15, 0.2) is 41.5 Å². The van der Waals surface area contributed by atoms with E-state index in [4.69, 9.17) is 21.1 Å². The van der Waals surface area contributed by atoms with E-state index in [1.54, 1.807) is 32.0 Å². The topological polar surface area (TPSA) is 109 Å². The molecule has 0 saturated carbocycles. The van der Waals surface area contributed by atoms with Gasteiger partial charge in [0, 0.05) is 16.1 Å². The van der Waals surface area contributed by atoms with E-state index in [1.165, 1.54) is 24.4 Å². The number of benzene rings is 2. The lowest BCUT2D eigenvalue weighted by molar-refractivity contribution is -0.123. The van der Waals surface area contributed by atoms with Crippen molar-refractivity contribution in [3.05, 3.63) is 52.5 Å². The van der Waals surface area contributed by atoms with E-state index in [2.05, 4.69) is 15.8 Å². The quantitative estimate of drug-likeness (QED) is 0.494. The Balaban J connectivity index is 1.65. The summed E-state index contributed by atoms with van der Waals surface area (Å²) < 4.78 is 10.5. The fourth-order valence-electron chi connectivity index (χ4n) is 2.66. The van der Waals surface area contributed by atoms with Crippen molar-refractivity contribution < 1.29 is 24.2 Å². The Hall–Kier alpha value is -3.26. The van der Waals surface area contributed by atoms with Crippen LogP contribution in [0.5, 0.6) is 17.2 Å². The molecule has 0 bridgehead atoms. The Kier molecular flexibility index (Phi) is 6.23. The number of nitrogens with one attached hydrogen (secondary N) is 2. The van der Waals surface area contributed by atoms with Gasteiger partial charge in [-0.15, -0.1) is 0 Å². The van der Waals surface area contributed by atoms with Gasteiger partial charge in [-0.2, -0.15) is 5.10 Å². The van der Waals surface area contributed by atoms with Crippen LogP contribution in [-0.2, 0) is 4.79 Å². The summed E-state index contributed by atoms with van der Waals surface area (Å²) in [7, 11) is 0. The molecule has 2 aromatic carbocycles. The Bertz CT molecular complexity index is 961. The molecule has 9 heteroatoms. The standard InChI is InChI=1S/C20H20ClN3O5/c1-11(2)18(20(27)24-22-9-13-7-14(21)4-5-15(13)25)23-19(26)12-3-6-16-17(8-12)29-10-28-16/h3-9,11,18,25H,10H2,1-2H3,(H,23,26)(H,24,27). The first-order valence-electron chi connectivity index (χ1n) is 8.87. The molecule has 1 aliphatic heterocycles. The van der Waals surface area contributed by atoms with Crippen molar-refractivity contribution >= 4 is 29.6 Å². The van der Waals surface area contributed by atoms with E-state index in [1.807, 2.05) is 0 Å². The van der Waals surface area contributed by atoms with Gasteiger partial charge in [-0.05, 0) is 42.3 Å². The largest absolute Gasteiger partial charge is 0.507 e. The number of phenolic OH excluding ortho intramolecular Hbond substituents is 1. The number of phenols is 1. The van der Waals surface area contributed by atoms with Gasteiger partial charge in [0.15, 0.2) is 11.5 Å². The predicted octanol–water partition coefficient (Wildman–Crippen LogP) is 2.68. The molecule has 0 aliphatic carbocycles. The van der Waals surface area contributed by atoms with Crippen LogP contribution in [-0.4, -0.2) is 36.0 Å². The van der Waals surface area contributed by atoms with E-state index in [0.29, 0.717) is 27.6 Å². The van der Waals surface area contributed by atoms with Crippen LogP contribution in [0.1, 0.15) is 29.8 Å². The zero-order valence-corrected chi connectivity index (χ0v) is 16.6. The number of aromatic hydroxyl groups is 1. The smallest absolute Gasteiger partial charge is 0.262 e. The zero-order valence-electron chi connectivity index (χ0n) is 15.8. The molecule has 1 aliphatic rings. The van der Waals surface area contributed by atoms with Crippen molar-refractivity contribution in [2.75, 3.05) is 6.79 Å². The molecule has 0 radical (unpaired) electrons. The maximum absolute atomic E-state index is 12.6. The van der Waals surface area contributed by atoms with Gasteiger partial charge in [0.25, 0.3) is 11.8 Å². The maximum atomic E-state index is 12.6. The van der Waals surface area contributed by atoms with Gasteiger partial charge in [-0.25, -0.2) is 5.43 Å². The SMILES string of the molecule is CC(C)C(NC(=O)c1ccc2c(c1)OCO2)C(=O)NN=Cc1cc(Cl)ccc1O. The van der Waals surface area contributed by atoms with Gasteiger partial charge < -0.3 is 19.9 Å². The number of hydrogen-bond acceptors (Lipinski definition) is 6. The average molecular weight is 418 g/mol. The lowest BCUT2D eigenvalue weighted by Gasteiger charge is -2.20. The average Bonchev–Trinajstić information content (AvgIpc) is 3.16. The van der Waals surface area contributed by atoms with Crippen molar-refractivity contribution in [2.45, 2.75) is 19.9 Å². The predicted molar refractivity (Wildman–Crippen MR) is 108 cm³/mol. The first-order valence-corrected chi connectivity index (χ1v) is 9.25. The summed E-state index contributed by atoms with van der Waals surface area (Å²) >= 11 is 5.88. The van der Waals surface area contributed by atoms with Crippen LogP contribution < -0.4 is 20.2 Å². The minimum atomic E-state index is -0.821. The molecule has 1 heterocycles. The summed E-state index contributed by atoms with van der Waals surface area (Å²) in [6.45, 7) is 3.71. The van der Waals surface area contributed by atoms with Crippen LogP contribution in [0, 0.1) is 5.92 Å². The minimum Gasteiger partial charge on any atom is -0.507 e. The highest BCUT2D eigenvalue weighted by molar-refractivity contribution is 6.30. The van der Waals surface area contributed by atoms with Gasteiger partial charge >= 0.3 is 0 Å². The fourth-order valence-corrected chi connectivity index (χ4v) is 2.84. The molecule has 0 spiro atoms. The van der Waals surface area contributed by atoms with Crippen molar-refractivity contribution in [2.24, 2.45) is 11.0 Å². The second kappa shape index (κ2) is 8.83. The number of halogens is 1. The third-order valence-electron chi connectivity index (χ3n) is 4.24. The number of hydrazone groups is 1. The van der Waals surface area contributed by atoms with Crippen molar-refractivity contribution in [1.82, 2.24) is 10.7 Å². The fraction of sp³-hybridized carbons (Fsp3) is 0.250. The Morgan fingerprint density at radius 1 is 1.17 bits per heavy atom. The highest BCUT2D eigenvalue weighted by Gasteiger charge is 2.25. The van der Waals surface area contributed by atoms with Crippen molar-refractivity contribution in [3.63, 3.8) is 0 Å². The molecule has 2 amide bonds. The normalized spacial score (nSPS) is 13.5. The van der Waals surface area contributed by atoms with Crippen LogP contribution in [0.2, 0.25) is 5.02 Å². The van der Waals surface area contributed by atoms with Gasteiger partial charge in [-0.3, -0.25) is 9.59 Å². The summed E-state index contributed by atoms with van der Waals surface area (Å²) in [6, 6.07) is 8.45. The molecule has 2 aromatic rings. The molecule has 29 heavy (non-hydrogen) atoms. The molecule has 0 fully saturated rings. The molecule has 1 atom stereocenters. The lowest BCUT2D eigenvalue weighted by atomic mass is 10.0. The molecule has 1 unspecified atom stereocenters. The molecule has 3 rings (SSSR count). The van der Waals surface area contributed by atoms with Crippen LogP contribution in [0.25, 0.3) is 0 Å². The van der Waals surface area contributed by atoms with E-state index in [0.717, 1.165) is 0 Å². The van der Waals surface area contributed by atoms with Crippen LogP contribution >= 0.6 is 11.6 Å². The lowest BCUT2D eigenvalue weighted by Crippen LogP contribution is -2.48. The second-order valence-corrected chi connectivity index (χ2v) is 7.14. The maximum Gasteiger partial charge on any atom is 0.262 e. The van der Waals surface area contributed by atoms with E-state index in [-0.39, 0.29) is 18.5 Å². The van der Waals surface area contributed by atoms with Crippen molar-refractivity contribution in [1.29, 1.82) is 0 Å². The Labute approximate surface area is 172 Å². The van der Waals surface area contributed by atoms with Crippen molar-refractivity contribution in [3.8, 4) is 17.2 Å². The number of fused-ring (bicyclic) bond motifs is 1. The second-order valence-electron chi connectivity index (χ2n) is 6.70. The summed E-state index contributed by atoms with van der Waals surface area (Å²) in [4.78, 5) is 25.1. The van der Waals surface area contributed by atoms with Crippen LogP contribution in [0.3, 0.4) is 0 Å². The highest BCUT2D eigenvalue weighted by atomic mass is 35.5. The van der Waals surface area contributed by atoms with E-state index < -0.39 is 17.9 Å². The third kappa shape index (κ3) is 4.97. The molecule has 0 aromatic heterocycles. The number of carbonyl (C=O) groups excluding carboxylic acids is 2. The summed E-state index contributed by atoms with van der Waals surface area (Å²) in [5.41, 5.74) is 3.07. The Morgan fingerprint density at radius 2 is 1.93 bits per heavy atom. The summed E-state index contributed by atoms with van der Waals surface area (Å²) in [6.07, 6.45) is 1.27. The molecule has 152 valence electrons. The minimum absolute atomic E-state index is 0.0241. The molecule has 3 N–H and O–H groups in total. The van der Waals surface area contributed by atoms with Gasteiger partial charge in [0.2, 0.25) is 6.79 Å².